The number of hydrogen-bond acceptors (Lipinski definition) is 5. The van der Waals surface area contributed by atoms with Crippen molar-refractivity contribution < 1.29 is 34.8 Å². The predicted molar refractivity (Wildman–Crippen MR) is 119 cm³/mol. The fraction of sp³-hybridized carbons (Fsp3) is 0.174. The highest BCUT2D eigenvalue weighted by Gasteiger charge is 2.39. The van der Waals surface area contributed by atoms with Gasteiger partial charge in [-0.05, 0) is 43.7 Å². The van der Waals surface area contributed by atoms with Crippen molar-refractivity contribution in [3.63, 3.8) is 0 Å². The zero-order chi connectivity index (χ0) is 27.3. The van der Waals surface area contributed by atoms with Crippen LogP contribution in [-0.4, -0.2) is 35.2 Å². The van der Waals surface area contributed by atoms with E-state index < -0.39 is 44.7 Å². The molecule has 192 valence electrons. The number of aryl methyl sites for hydroxylation is 1. The van der Waals surface area contributed by atoms with Crippen LogP contribution in [0.25, 0.3) is 28.1 Å². The molecule has 0 radical (unpaired) electrons. The first-order chi connectivity index (χ1) is 17.2. The van der Waals surface area contributed by atoms with Crippen LogP contribution in [0.3, 0.4) is 0 Å². The highest BCUT2D eigenvalue weighted by molar-refractivity contribution is 7.89. The van der Waals surface area contributed by atoms with Gasteiger partial charge in [0.05, 0.1) is 22.5 Å². The van der Waals surface area contributed by atoms with Crippen LogP contribution >= 0.6 is 0 Å². The maximum absolute atomic E-state index is 14.4. The highest BCUT2D eigenvalue weighted by Crippen LogP contribution is 2.36. The van der Waals surface area contributed by atoms with Crippen molar-refractivity contribution in [2.45, 2.75) is 31.0 Å². The molecular formula is C23H15F6N5O2S. The largest absolute Gasteiger partial charge is 0.404 e. The fourth-order valence-corrected chi connectivity index (χ4v) is 4.79. The zero-order valence-electron chi connectivity index (χ0n) is 18.9. The van der Waals surface area contributed by atoms with E-state index in [-0.39, 0.29) is 39.2 Å². The lowest BCUT2D eigenvalue weighted by molar-refractivity contribution is -0.147. The highest BCUT2D eigenvalue weighted by atomic mass is 32.2. The molecule has 7 nitrogen and oxygen atoms in total. The topological polar surface area (TPSA) is 101 Å². The summed E-state index contributed by atoms with van der Waals surface area (Å²) in [4.78, 5) is 7.04. The van der Waals surface area contributed by atoms with Crippen LogP contribution in [0.4, 0.5) is 26.3 Å². The Morgan fingerprint density at radius 1 is 1.11 bits per heavy atom. The summed E-state index contributed by atoms with van der Waals surface area (Å²) in [6.07, 6.45) is -4.07. The van der Waals surface area contributed by atoms with Gasteiger partial charge in [-0.15, -0.1) is 0 Å². The van der Waals surface area contributed by atoms with Crippen molar-refractivity contribution in [1.29, 1.82) is 5.26 Å². The van der Waals surface area contributed by atoms with Gasteiger partial charge in [0, 0.05) is 23.7 Å². The van der Waals surface area contributed by atoms with Gasteiger partial charge in [0.15, 0.2) is 0 Å². The number of pyridine rings is 2. The van der Waals surface area contributed by atoms with Crippen LogP contribution < -0.4 is 4.72 Å². The lowest BCUT2D eigenvalue weighted by Crippen LogP contribution is -2.42. The molecular weight excluding hydrogens is 524 g/mol. The van der Waals surface area contributed by atoms with E-state index in [4.69, 9.17) is 0 Å². The Morgan fingerprint density at radius 2 is 1.81 bits per heavy atom. The number of nitrogens with zero attached hydrogens (tertiary/aromatic N) is 4. The number of aromatic nitrogens is 3. The van der Waals surface area contributed by atoms with Crippen molar-refractivity contribution in [1.82, 2.24) is 19.3 Å². The number of alkyl halides is 3. The molecule has 4 aromatic rings. The molecule has 1 atom stereocenters. The molecule has 0 aliphatic carbocycles. The van der Waals surface area contributed by atoms with E-state index in [1.807, 2.05) is 6.07 Å². The zero-order valence-corrected chi connectivity index (χ0v) is 19.7. The second kappa shape index (κ2) is 9.16. The molecule has 0 spiro atoms. The third kappa shape index (κ3) is 4.87. The summed E-state index contributed by atoms with van der Waals surface area (Å²) in [6, 6.07) is 5.34. The van der Waals surface area contributed by atoms with Gasteiger partial charge < -0.3 is 0 Å². The van der Waals surface area contributed by atoms with Gasteiger partial charge >= 0.3 is 6.18 Å². The summed E-state index contributed by atoms with van der Waals surface area (Å²) < 4.78 is 108. The third-order valence-corrected chi connectivity index (χ3v) is 6.97. The van der Waals surface area contributed by atoms with Crippen LogP contribution in [0.1, 0.15) is 18.1 Å². The monoisotopic (exact) mass is 539 g/mol. The van der Waals surface area contributed by atoms with E-state index in [1.165, 1.54) is 17.7 Å². The van der Waals surface area contributed by atoms with E-state index in [0.29, 0.717) is 13.0 Å². The minimum Gasteiger partial charge on any atom is -0.291 e. The predicted octanol–water partition coefficient (Wildman–Crippen LogP) is 4.91. The number of fused-ring (bicyclic) bond motifs is 1. The quantitative estimate of drug-likeness (QED) is 0.287. The fourth-order valence-electron chi connectivity index (χ4n) is 3.62. The second-order valence-corrected chi connectivity index (χ2v) is 9.73. The SMILES string of the molecule is Cc1cc2c(cc1F)c(C#N)c(-c1ccc(S(=O)(=O)N[C@@H](C)C(F)(F)F)cn1)n2-c1cc(F)cc(F)n1. The molecule has 0 unspecified atom stereocenters. The van der Waals surface area contributed by atoms with Crippen LogP contribution in [0.2, 0.25) is 0 Å². The van der Waals surface area contributed by atoms with Gasteiger partial charge in [0.2, 0.25) is 16.0 Å². The Balaban J connectivity index is 1.94. The smallest absolute Gasteiger partial charge is 0.291 e. The Morgan fingerprint density at radius 3 is 2.38 bits per heavy atom. The summed E-state index contributed by atoms with van der Waals surface area (Å²) in [5.74, 6) is -3.15. The first-order valence-electron chi connectivity index (χ1n) is 10.4. The van der Waals surface area contributed by atoms with E-state index in [1.54, 1.807) is 0 Å². The van der Waals surface area contributed by atoms with Crippen molar-refractivity contribution in [3.8, 4) is 23.3 Å². The summed E-state index contributed by atoms with van der Waals surface area (Å²) in [5, 5.41) is 9.93. The third-order valence-electron chi connectivity index (χ3n) is 5.45. The van der Waals surface area contributed by atoms with Crippen molar-refractivity contribution in [2.24, 2.45) is 0 Å². The summed E-state index contributed by atoms with van der Waals surface area (Å²) >= 11 is 0. The Hall–Kier alpha value is -3.96. The van der Waals surface area contributed by atoms with Crippen molar-refractivity contribution in [2.75, 3.05) is 0 Å². The lowest BCUT2D eigenvalue weighted by atomic mass is 10.1. The number of nitriles is 1. The van der Waals surface area contributed by atoms with Gasteiger partial charge in [0.25, 0.3) is 0 Å². The Bertz CT molecular complexity index is 1660. The van der Waals surface area contributed by atoms with Gasteiger partial charge in [-0.2, -0.15) is 27.5 Å². The van der Waals surface area contributed by atoms with E-state index in [2.05, 4.69) is 9.97 Å². The molecule has 0 saturated heterocycles. The van der Waals surface area contributed by atoms with E-state index in [9.17, 15) is 40.0 Å². The minimum atomic E-state index is -4.83. The molecule has 0 amide bonds. The number of halogens is 6. The number of nitrogens with one attached hydrogen (secondary N) is 1. The Labute approximate surface area is 206 Å². The molecule has 14 heteroatoms. The molecule has 0 aliphatic rings. The molecule has 0 bridgehead atoms. The average Bonchev–Trinajstić information content (AvgIpc) is 3.11. The van der Waals surface area contributed by atoms with Gasteiger partial charge in [-0.25, -0.2) is 22.2 Å². The minimum absolute atomic E-state index is 0.0613. The lowest BCUT2D eigenvalue weighted by Gasteiger charge is -2.17. The molecule has 3 aromatic heterocycles. The Kier molecular flexibility index (Phi) is 6.47. The van der Waals surface area contributed by atoms with Crippen molar-refractivity contribution >= 4 is 20.9 Å². The van der Waals surface area contributed by atoms with Crippen LogP contribution in [0.15, 0.2) is 47.5 Å². The summed E-state index contributed by atoms with van der Waals surface area (Å²) in [5.41, 5.74) is -0.0477. The standard InChI is InChI=1S/C23H15F6N5O2S/c1-11-5-19-15(8-17(11)25)16(9-30)22(34(19)21-7-13(24)6-20(26)32-21)18-4-3-14(10-31-18)37(35,36)33-12(2)23(27,28)29/h3-8,10,12,33H,1-2H3/t12-/m0/s1. The molecule has 1 N–H and O–H groups in total. The molecule has 0 fully saturated rings. The molecule has 3 heterocycles. The first-order valence-corrected chi connectivity index (χ1v) is 11.8. The molecule has 0 aliphatic heterocycles. The average molecular weight is 539 g/mol. The van der Waals surface area contributed by atoms with Gasteiger partial charge in [-0.1, -0.05) is 0 Å². The first kappa shape index (κ1) is 26.1. The summed E-state index contributed by atoms with van der Waals surface area (Å²) in [7, 11) is -4.63. The van der Waals surface area contributed by atoms with Gasteiger partial charge in [0.1, 0.15) is 34.5 Å². The molecule has 0 saturated carbocycles. The maximum Gasteiger partial charge on any atom is 0.404 e. The van der Waals surface area contributed by atoms with Crippen LogP contribution in [0, 0.1) is 35.8 Å². The normalized spacial score (nSPS) is 13.1. The number of rotatable bonds is 5. The number of sulfonamides is 1. The molecule has 1 aromatic carbocycles. The van der Waals surface area contributed by atoms with Crippen LogP contribution in [0.5, 0.6) is 0 Å². The maximum atomic E-state index is 14.4. The number of hydrogen-bond donors (Lipinski definition) is 1. The van der Waals surface area contributed by atoms with Gasteiger partial charge in [-0.3, -0.25) is 9.55 Å². The second-order valence-electron chi connectivity index (χ2n) is 8.02. The van der Waals surface area contributed by atoms with Crippen molar-refractivity contribution in [3.05, 3.63) is 71.3 Å². The van der Waals surface area contributed by atoms with E-state index >= 15 is 0 Å². The summed E-state index contributed by atoms with van der Waals surface area (Å²) in [6.45, 7) is 2.06. The van der Waals surface area contributed by atoms with Crippen LogP contribution in [-0.2, 0) is 10.0 Å². The van der Waals surface area contributed by atoms with E-state index in [0.717, 1.165) is 35.0 Å². The molecule has 4 rings (SSSR count). The molecule has 37 heavy (non-hydrogen) atoms. The number of benzene rings is 1.